The van der Waals surface area contributed by atoms with Gasteiger partial charge in [0.05, 0.1) is 0 Å². The topological polar surface area (TPSA) is 49.3 Å². The maximum atomic E-state index is 11.1. The van der Waals surface area contributed by atoms with Crippen LogP contribution in [-0.2, 0) is 4.79 Å². The number of hydrogen-bond acceptors (Lipinski definition) is 2. The number of para-hydroxylation sites is 1. The highest BCUT2D eigenvalue weighted by atomic mass is 16.4. The zero-order valence-corrected chi connectivity index (χ0v) is 9.37. The molecule has 0 radical (unpaired) electrons. The summed E-state index contributed by atoms with van der Waals surface area (Å²) in [5.74, 6) is -0.826. The maximum absolute atomic E-state index is 11.1. The Morgan fingerprint density at radius 1 is 1.47 bits per heavy atom. The Morgan fingerprint density at radius 3 is 2.53 bits per heavy atom. The quantitative estimate of drug-likeness (QED) is 0.798. The number of rotatable bonds is 4. The Morgan fingerprint density at radius 2 is 2.07 bits per heavy atom. The van der Waals surface area contributed by atoms with Crippen molar-refractivity contribution < 1.29 is 9.90 Å². The zero-order valence-electron chi connectivity index (χ0n) is 9.37. The fourth-order valence-corrected chi connectivity index (χ4v) is 1.30. The molecule has 2 N–H and O–H groups in total. The fraction of sp³-hybridized carbons (Fsp3) is 0.417. The Bertz CT molecular complexity index is 362. The van der Waals surface area contributed by atoms with Crippen molar-refractivity contribution in [3.05, 3.63) is 29.8 Å². The second-order valence-corrected chi connectivity index (χ2v) is 3.93. The Balaban J connectivity index is 2.94. The van der Waals surface area contributed by atoms with Crippen LogP contribution in [0.2, 0.25) is 0 Å². The monoisotopic (exact) mass is 207 g/mol. The molecule has 0 aliphatic heterocycles. The third kappa shape index (κ3) is 2.49. The van der Waals surface area contributed by atoms with E-state index >= 15 is 0 Å². The summed E-state index contributed by atoms with van der Waals surface area (Å²) < 4.78 is 0. The second kappa shape index (κ2) is 4.34. The SMILES string of the molecule is CCC(C)(Nc1ccccc1C)C(=O)O. The molecule has 1 rings (SSSR count). The first-order valence-corrected chi connectivity index (χ1v) is 5.07. The summed E-state index contributed by atoms with van der Waals surface area (Å²) in [6.07, 6.45) is 0.538. The van der Waals surface area contributed by atoms with E-state index in [0.29, 0.717) is 6.42 Å². The Labute approximate surface area is 90.1 Å². The van der Waals surface area contributed by atoms with Gasteiger partial charge in [0.25, 0.3) is 0 Å². The van der Waals surface area contributed by atoms with E-state index in [2.05, 4.69) is 5.32 Å². The number of aliphatic carboxylic acids is 1. The standard InChI is InChI=1S/C12H17NO2/c1-4-12(3,11(14)15)13-10-8-6-5-7-9(10)2/h5-8,13H,4H2,1-3H3,(H,14,15). The van der Waals surface area contributed by atoms with E-state index in [0.717, 1.165) is 11.3 Å². The van der Waals surface area contributed by atoms with Crippen molar-refractivity contribution in [1.29, 1.82) is 0 Å². The lowest BCUT2D eigenvalue weighted by molar-refractivity contribution is -0.141. The van der Waals surface area contributed by atoms with Crippen molar-refractivity contribution >= 4 is 11.7 Å². The molecular formula is C12H17NO2. The summed E-state index contributed by atoms with van der Waals surface area (Å²) in [6, 6.07) is 7.68. The highest BCUT2D eigenvalue weighted by Crippen LogP contribution is 2.21. The van der Waals surface area contributed by atoms with Crippen molar-refractivity contribution in [2.75, 3.05) is 5.32 Å². The minimum Gasteiger partial charge on any atom is -0.480 e. The van der Waals surface area contributed by atoms with Crippen molar-refractivity contribution in [3.63, 3.8) is 0 Å². The van der Waals surface area contributed by atoms with Crippen molar-refractivity contribution in [2.45, 2.75) is 32.7 Å². The Kier molecular flexibility index (Phi) is 3.35. The molecule has 0 saturated carbocycles. The molecule has 1 unspecified atom stereocenters. The predicted octanol–water partition coefficient (Wildman–Crippen LogP) is 2.66. The van der Waals surface area contributed by atoms with Crippen LogP contribution in [0.15, 0.2) is 24.3 Å². The van der Waals surface area contributed by atoms with Gasteiger partial charge in [-0.15, -0.1) is 0 Å². The molecule has 0 spiro atoms. The van der Waals surface area contributed by atoms with E-state index in [4.69, 9.17) is 5.11 Å². The summed E-state index contributed by atoms with van der Waals surface area (Å²) in [5.41, 5.74) is 1.04. The van der Waals surface area contributed by atoms with Gasteiger partial charge < -0.3 is 10.4 Å². The minimum absolute atomic E-state index is 0.538. The van der Waals surface area contributed by atoms with E-state index in [1.54, 1.807) is 6.92 Å². The number of nitrogens with one attached hydrogen (secondary N) is 1. The average Bonchev–Trinajstić information content (AvgIpc) is 2.21. The van der Waals surface area contributed by atoms with Gasteiger partial charge in [-0.1, -0.05) is 25.1 Å². The maximum Gasteiger partial charge on any atom is 0.329 e. The van der Waals surface area contributed by atoms with Crippen LogP contribution in [0, 0.1) is 6.92 Å². The third-order valence-corrected chi connectivity index (χ3v) is 2.73. The van der Waals surface area contributed by atoms with Crippen LogP contribution in [0.4, 0.5) is 5.69 Å². The lowest BCUT2D eigenvalue weighted by Gasteiger charge is -2.26. The van der Waals surface area contributed by atoms with Crippen LogP contribution < -0.4 is 5.32 Å². The van der Waals surface area contributed by atoms with Crippen LogP contribution in [-0.4, -0.2) is 16.6 Å². The second-order valence-electron chi connectivity index (χ2n) is 3.93. The van der Waals surface area contributed by atoms with E-state index in [1.165, 1.54) is 0 Å². The number of anilines is 1. The smallest absolute Gasteiger partial charge is 0.329 e. The average molecular weight is 207 g/mol. The zero-order chi connectivity index (χ0) is 11.5. The van der Waals surface area contributed by atoms with Crippen molar-refractivity contribution in [3.8, 4) is 0 Å². The number of aryl methyl sites for hydroxylation is 1. The minimum atomic E-state index is -0.897. The van der Waals surface area contributed by atoms with Crippen LogP contribution in [0.3, 0.4) is 0 Å². The largest absolute Gasteiger partial charge is 0.480 e. The lowest BCUT2D eigenvalue weighted by atomic mass is 9.98. The van der Waals surface area contributed by atoms with Gasteiger partial charge in [0.2, 0.25) is 0 Å². The summed E-state index contributed by atoms with van der Waals surface area (Å²) in [5, 5.41) is 12.2. The van der Waals surface area contributed by atoms with E-state index in [9.17, 15) is 4.79 Å². The summed E-state index contributed by atoms with van der Waals surface area (Å²) in [6.45, 7) is 5.52. The van der Waals surface area contributed by atoms with Gasteiger partial charge in [-0.2, -0.15) is 0 Å². The molecule has 0 fully saturated rings. The molecule has 1 aromatic carbocycles. The van der Waals surface area contributed by atoms with Crippen LogP contribution in [0.1, 0.15) is 25.8 Å². The number of carboxylic acids is 1. The molecule has 3 nitrogen and oxygen atoms in total. The first-order valence-electron chi connectivity index (χ1n) is 5.07. The van der Waals surface area contributed by atoms with Crippen LogP contribution in [0.25, 0.3) is 0 Å². The number of benzene rings is 1. The highest BCUT2D eigenvalue weighted by Gasteiger charge is 2.30. The first kappa shape index (κ1) is 11.6. The van der Waals surface area contributed by atoms with Gasteiger partial charge in [-0.05, 0) is 31.9 Å². The normalized spacial score (nSPS) is 14.3. The van der Waals surface area contributed by atoms with Gasteiger partial charge in [0.1, 0.15) is 5.54 Å². The summed E-state index contributed by atoms with van der Waals surface area (Å²) in [4.78, 5) is 11.1. The Hall–Kier alpha value is -1.51. The van der Waals surface area contributed by atoms with Gasteiger partial charge >= 0.3 is 5.97 Å². The molecule has 0 aliphatic rings. The number of hydrogen-bond donors (Lipinski definition) is 2. The summed E-state index contributed by atoms with van der Waals surface area (Å²) in [7, 11) is 0. The summed E-state index contributed by atoms with van der Waals surface area (Å²) >= 11 is 0. The molecule has 0 bridgehead atoms. The number of carbonyl (C=O) groups is 1. The van der Waals surface area contributed by atoms with Gasteiger partial charge in [0, 0.05) is 5.69 Å². The van der Waals surface area contributed by atoms with Crippen LogP contribution >= 0.6 is 0 Å². The molecular weight excluding hydrogens is 190 g/mol. The molecule has 0 amide bonds. The molecule has 3 heteroatoms. The first-order chi connectivity index (χ1) is 6.99. The van der Waals surface area contributed by atoms with Crippen LogP contribution in [0.5, 0.6) is 0 Å². The van der Waals surface area contributed by atoms with E-state index in [1.807, 2.05) is 38.1 Å². The molecule has 1 aromatic rings. The number of carboxylic acid groups (broad SMARTS) is 1. The van der Waals surface area contributed by atoms with Gasteiger partial charge in [-0.25, -0.2) is 4.79 Å². The molecule has 1 atom stereocenters. The lowest BCUT2D eigenvalue weighted by Crippen LogP contribution is -2.42. The molecule has 82 valence electrons. The highest BCUT2D eigenvalue weighted by molar-refractivity contribution is 5.82. The van der Waals surface area contributed by atoms with E-state index in [-0.39, 0.29) is 0 Å². The third-order valence-electron chi connectivity index (χ3n) is 2.73. The van der Waals surface area contributed by atoms with E-state index < -0.39 is 11.5 Å². The van der Waals surface area contributed by atoms with Gasteiger partial charge in [0.15, 0.2) is 0 Å². The van der Waals surface area contributed by atoms with Gasteiger partial charge in [-0.3, -0.25) is 0 Å². The fourth-order valence-electron chi connectivity index (χ4n) is 1.30. The molecule has 15 heavy (non-hydrogen) atoms. The van der Waals surface area contributed by atoms with Crippen molar-refractivity contribution in [2.24, 2.45) is 0 Å². The molecule has 0 aromatic heterocycles. The molecule has 0 aliphatic carbocycles. The molecule has 0 saturated heterocycles. The molecule has 0 heterocycles. The van der Waals surface area contributed by atoms with Crippen molar-refractivity contribution in [1.82, 2.24) is 0 Å². The predicted molar refractivity (Wildman–Crippen MR) is 61.1 cm³/mol.